The highest BCUT2D eigenvalue weighted by molar-refractivity contribution is 6.31. The zero-order valence-corrected chi connectivity index (χ0v) is 23.2. The quantitative estimate of drug-likeness (QED) is 0.335. The van der Waals surface area contributed by atoms with Crippen LogP contribution in [0.5, 0.6) is 0 Å². The largest absolute Gasteiger partial charge is 0.444 e. The summed E-state index contributed by atoms with van der Waals surface area (Å²) in [6.07, 6.45) is 1.20. The van der Waals surface area contributed by atoms with Crippen LogP contribution >= 0.6 is 11.6 Å². The summed E-state index contributed by atoms with van der Waals surface area (Å²) in [5, 5.41) is 4.39. The normalized spacial score (nSPS) is 15.9. The first kappa shape index (κ1) is 26.6. The monoisotopic (exact) mass is 546 g/mol. The zero-order valence-electron chi connectivity index (χ0n) is 22.5. The molecule has 5 rings (SSSR count). The molecule has 3 heterocycles. The number of nitrogens with one attached hydrogen (secondary N) is 1. The van der Waals surface area contributed by atoms with E-state index in [2.05, 4.69) is 15.1 Å². The van der Waals surface area contributed by atoms with Gasteiger partial charge >= 0.3 is 6.09 Å². The molecule has 39 heavy (non-hydrogen) atoms. The molecule has 1 atom stereocenters. The second-order valence-electron chi connectivity index (χ2n) is 10.9. The van der Waals surface area contributed by atoms with E-state index in [1.54, 1.807) is 23.7 Å². The Morgan fingerprint density at radius 1 is 1.26 bits per heavy atom. The highest BCUT2D eigenvalue weighted by Gasteiger charge is 2.29. The molecule has 10 heteroatoms. The topological polar surface area (TPSA) is 85.8 Å². The maximum absolute atomic E-state index is 13.8. The van der Waals surface area contributed by atoms with Crippen LogP contribution in [0.2, 0.25) is 5.02 Å². The fourth-order valence-electron chi connectivity index (χ4n) is 5.12. The Balaban J connectivity index is 1.63. The fourth-order valence-corrected chi connectivity index (χ4v) is 5.32. The minimum Gasteiger partial charge on any atom is -0.444 e. The van der Waals surface area contributed by atoms with Gasteiger partial charge < -0.3 is 24.1 Å². The molecule has 1 aliphatic heterocycles. The summed E-state index contributed by atoms with van der Waals surface area (Å²) in [6.45, 7) is 14.5. The van der Waals surface area contributed by atoms with Crippen molar-refractivity contribution in [3.8, 4) is 0 Å². The molecule has 1 N–H and O–H groups in total. The summed E-state index contributed by atoms with van der Waals surface area (Å²) in [4.78, 5) is 36.9. The number of hydrogen-bond donors (Lipinski definition) is 1. The molecule has 0 unspecified atom stereocenters. The molecule has 1 aliphatic rings. The number of anilines is 1. The number of rotatable bonds is 4. The van der Waals surface area contributed by atoms with E-state index in [0.29, 0.717) is 46.3 Å². The van der Waals surface area contributed by atoms with E-state index in [1.807, 2.05) is 55.7 Å². The van der Waals surface area contributed by atoms with Gasteiger partial charge in [0.25, 0.3) is 5.56 Å². The number of hydrogen-bond acceptors (Lipinski definition) is 5. The molecule has 0 radical (unpaired) electrons. The number of benzene rings is 2. The van der Waals surface area contributed by atoms with Crippen molar-refractivity contribution < 1.29 is 9.53 Å². The standard InChI is InChI=1S/C29H31ClN6O3/c1-29(2,3)39-28(38)32-20-10-8-14-35(17-20)27-33-24-21-13-12-19(31-4)15-23(21)34(5)26(37)25(24)36(27)16-18-9-6-7-11-22(18)30/h6-7,9,11-13,15,20H,8,10,14,16-17H2,1-3,5H3,(H,32,38)/t20-/m1/s1. The molecular weight excluding hydrogens is 516 g/mol. The van der Waals surface area contributed by atoms with Crippen LogP contribution in [0.1, 0.15) is 39.2 Å². The third-order valence-electron chi connectivity index (χ3n) is 6.89. The van der Waals surface area contributed by atoms with Gasteiger partial charge in [0.05, 0.1) is 13.1 Å². The predicted octanol–water partition coefficient (Wildman–Crippen LogP) is 5.63. The SMILES string of the molecule is [C-]#[N+]c1ccc2c3nc(N4CCC[C@@H](NC(=O)OC(C)(C)C)C4)n(Cc4ccccc4Cl)c3c(=O)n(C)c2c1. The molecule has 1 fully saturated rings. The van der Waals surface area contributed by atoms with Crippen LogP contribution in [0.3, 0.4) is 0 Å². The smallest absolute Gasteiger partial charge is 0.407 e. The molecule has 202 valence electrons. The summed E-state index contributed by atoms with van der Waals surface area (Å²) < 4.78 is 8.97. The van der Waals surface area contributed by atoms with E-state index >= 15 is 0 Å². The second-order valence-corrected chi connectivity index (χ2v) is 11.3. The molecular formula is C29H31ClN6O3. The number of nitrogens with zero attached hydrogens (tertiary/aromatic N) is 5. The predicted molar refractivity (Wildman–Crippen MR) is 154 cm³/mol. The lowest BCUT2D eigenvalue weighted by atomic mass is 10.1. The maximum Gasteiger partial charge on any atom is 0.407 e. The van der Waals surface area contributed by atoms with Crippen LogP contribution in [0.25, 0.3) is 26.8 Å². The van der Waals surface area contributed by atoms with E-state index in [9.17, 15) is 9.59 Å². The highest BCUT2D eigenvalue weighted by Crippen LogP contribution is 2.32. The Morgan fingerprint density at radius 3 is 2.74 bits per heavy atom. The zero-order chi connectivity index (χ0) is 27.9. The van der Waals surface area contributed by atoms with Gasteiger partial charge in [0.2, 0.25) is 5.95 Å². The van der Waals surface area contributed by atoms with Crippen LogP contribution in [0.4, 0.5) is 16.4 Å². The van der Waals surface area contributed by atoms with Gasteiger partial charge in [-0.15, -0.1) is 0 Å². The fraction of sp³-hybridized carbons (Fsp3) is 0.379. The average Bonchev–Trinajstić information content (AvgIpc) is 3.26. The summed E-state index contributed by atoms with van der Waals surface area (Å²) >= 11 is 6.54. The summed E-state index contributed by atoms with van der Waals surface area (Å²) in [7, 11) is 1.71. The summed E-state index contributed by atoms with van der Waals surface area (Å²) in [5.74, 6) is 0.638. The van der Waals surface area contributed by atoms with Gasteiger partial charge in [0.15, 0.2) is 5.69 Å². The Morgan fingerprint density at radius 2 is 2.03 bits per heavy atom. The van der Waals surface area contributed by atoms with E-state index in [1.165, 1.54) is 0 Å². The van der Waals surface area contributed by atoms with Gasteiger partial charge in [-0.1, -0.05) is 41.9 Å². The highest BCUT2D eigenvalue weighted by atomic mass is 35.5. The number of amides is 1. The van der Waals surface area contributed by atoms with Gasteiger partial charge in [-0.05, 0) is 51.3 Å². The van der Waals surface area contributed by atoms with Crippen LogP contribution < -0.4 is 15.8 Å². The first-order chi connectivity index (χ1) is 18.6. The van der Waals surface area contributed by atoms with Crippen molar-refractivity contribution in [3.63, 3.8) is 0 Å². The van der Waals surface area contributed by atoms with E-state index in [0.717, 1.165) is 30.3 Å². The van der Waals surface area contributed by atoms with Crippen molar-refractivity contribution in [2.45, 2.75) is 51.8 Å². The van der Waals surface area contributed by atoms with Gasteiger partial charge in [0, 0.05) is 42.1 Å². The number of fused-ring (bicyclic) bond motifs is 3. The molecule has 0 bridgehead atoms. The number of piperidine rings is 1. The van der Waals surface area contributed by atoms with Crippen molar-refractivity contribution in [2.75, 3.05) is 18.0 Å². The lowest BCUT2D eigenvalue weighted by molar-refractivity contribution is 0.0500. The lowest BCUT2D eigenvalue weighted by Gasteiger charge is -2.34. The minimum atomic E-state index is -0.588. The number of aromatic nitrogens is 3. The van der Waals surface area contributed by atoms with Crippen LogP contribution in [-0.4, -0.2) is 44.9 Å². The summed E-state index contributed by atoms with van der Waals surface area (Å²) in [5.41, 5.74) is 2.23. The molecule has 0 spiro atoms. The van der Waals surface area contributed by atoms with Crippen LogP contribution in [-0.2, 0) is 18.3 Å². The Hall–Kier alpha value is -4.03. The molecule has 4 aromatic rings. The Kier molecular flexibility index (Phi) is 7.00. The van der Waals surface area contributed by atoms with Gasteiger partial charge in [-0.3, -0.25) is 4.79 Å². The third-order valence-corrected chi connectivity index (χ3v) is 7.26. The molecule has 2 aromatic carbocycles. The lowest BCUT2D eigenvalue weighted by Crippen LogP contribution is -2.49. The van der Waals surface area contributed by atoms with Gasteiger partial charge in [0.1, 0.15) is 16.6 Å². The molecule has 0 aliphatic carbocycles. The van der Waals surface area contributed by atoms with E-state index < -0.39 is 11.7 Å². The molecule has 0 saturated carbocycles. The van der Waals surface area contributed by atoms with Crippen LogP contribution in [0, 0.1) is 6.57 Å². The molecule has 1 amide bonds. The molecule has 1 saturated heterocycles. The van der Waals surface area contributed by atoms with Gasteiger partial charge in [-0.25, -0.2) is 14.6 Å². The number of imidazole rings is 1. The third kappa shape index (κ3) is 5.30. The van der Waals surface area contributed by atoms with Crippen molar-refractivity contribution in [2.24, 2.45) is 7.05 Å². The Bertz CT molecular complexity index is 1680. The molecule has 9 nitrogen and oxygen atoms in total. The number of pyridine rings is 1. The van der Waals surface area contributed by atoms with Crippen molar-refractivity contribution in [1.29, 1.82) is 0 Å². The maximum atomic E-state index is 13.8. The number of alkyl carbamates (subject to hydrolysis) is 1. The number of aryl methyl sites for hydroxylation is 1. The number of ether oxygens (including phenoxy) is 1. The second kappa shape index (κ2) is 10.3. The first-order valence-electron chi connectivity index (χ1n) is 12.9. The minimum absolute atomic E-state index is 0.136. The first-order valence-corrected chi connectivity index (χ1v) is 13.3. The summed E-state index contributed by atoms with van der Waals surface area (Å²) in [6, 6.07) is 12.7. The average molecular weight is 547 g/mol. The number of halogens is 1. The number of carbonyl (C=O) groups excluding carboxylic acids is 1. The van der Waals surface area contributed by atoms with Crippen molar-refractivity contribution >= 4 is 51.3 Å². The Labute approximate surface area is 231 Å². The van der Waals surface area contributed by atoms with Crippen molar-refractivity contribution in [3.05, 3.63) is 74.8 Å². The van der Waals surface area contributed by atoms with E-state index in [-0.39, 0.29) is 11.6 Å². The van der Waals surface area contributed by atoms with Crippen molar-refractivity contribution in [1.82, 2.24) is 19.4 Å². The van der Waals surface area contributed by atoms with Crippen LogP contribution in [0.15, 0.2) is 47.3 Å². The molecule has 2 aromatic heterocycles. The van der Waals surface area contributed by atoms with Gasteiger partial charge in [-0.2, -0.15) is 0 Å². The number of carbonyl (C=O) groups is 1. The van der Waals surface area contributed by atoms with E-state index in [4.69, 9.17) is 27.9 Å².